The van der Waals surface area contributed by atoms with E-state index in [1.54, 1.807) is 0 Å². The Hall–Kier alpha value is -1.49. The van der Waals surface area contributed by atoms with E-state index in [1.807, 2.05) is 13.8 Å². The van der Waals surface area contributed by atoms with Crippen LogP contribution in [0.4, 0.5) is 0 Å². The number of benzene rings is 1. The Balaban J connectivity index is 1.91. The summed E-state index contributed by atoms with van der Waals surface area (Å²) in [6, 6.07) is 5.48. The highest BCUT2D eigenvalue weighted by Gasteiger charge is 2.30. The molecule has 1 aliphatic heterocycles. The van der Waals surface area contributed by atoms with Gasteiger partial charge in [0, 0.05) is 31.5 Å². The van der Waals surface area contributed by atoms with Crippen LogP contribution in [-0.4, -0.2) is 70.9 Å². The molecule has 2 rings (SSSR count). The van der Waals surface area contributed by atoms with Crippen molar-refractivity contribution in [2.45, 2.75) is 31.0 Å². The number of hydrogen-bond acceptors (Lipinski definition) is 6. The van der Waals surface area contributed by atoms with E-state index in [4.69, 9.17) is 4.74 Å². The van der Waals surface area contributed by atoms with E-state index in [9.17, 15) is 21.6 Å². The largest absolute Gasteiger partial charge is 0.373 e. The van der Waals surface area contributed by atoms with Gasteiger partial charge in [0.2, 0.25) is 10.0 Å². The molecule has 1 aliphatic rings. The van der Waals surface area contributed by atoms with Gasteiger partial charge >= 0.3 is 0 Å². The van der Waals surface area contributed by atoms with Gasteiger partial charge in [-0.25, -0.2) is 16.8 Å². The maximum Gasteiger partial charge on any atom is 0.251 e. The summed E-state index contributed by atoms with van der Waals surface area (Å²) in [7, 11) is -6.82. The smallest absolute Gasteiger partial charge is 0.251 e. The van der Waals surface area contributed by atoms with Crippen LogP contribution < -0.4 is 5.32 Å². The van der Waals surface area contributed by atoms with Gasteiger partial charge in [-0.3, -0.25) is 4.79 Å². The molecule has 1 aromatic rings. The molecule has 1 saturated heterocycles. The van der Waals surface area contributed by atoms with Crippen molar-refractivity contribution in [3.63, 3.8) is 0 Å². The third-order valence-electron chi connectivity index (χ3n) is 3.97. The first-order valence-electron chi connectivity index (χ1n) is 8.20. The van der Waals surface area contributed by atoms with E-state index in [1.165, 1.54) is 28.6 Å². The second kappa shape index (κ2) is 8.03. The summed E-state index contributed by atoms with van der Waals surface area (Å²) in [6.45, 7) is 4.20. The molecule has 1 N–H and O–H groups in total. The summed E-state index contributed by atoms with van der Waals surface area (Å²) in [5, 5.41) is 2.55. The normalized spacial score (nSPS) is 22.1. The second-order valence-corrected chi connectivity index (χ2v) is 10.5. The van der Waals surface area contributed by atoms with Crippen LogP contribution in [0.3, 0.4) is 0 Å². The molecule has 0 radical (unpaired) electrons. The number of morpholine rings is 1. The van der Waals surface area contributed by atoms with Crippen LogP contribution in [0.5, 0.6) is 0 Å². The maximum atomic E-state index is 12.4. The van der Waals surface area contributed by atoms with Crippen LogP contribution in [0.1, 0.15) is 24.2 Å². The lowest BCUT2D eigenvalue weighted by Gasteiger charge is -2.34. The summed E-state index contributed by atoms with van der Waals surface area (Å²) in [6.07, 6.45) is 0.744. The number of sulfonamides is 1. The Kier molecular flexibility index (Phi) is 6.43. The predicted octanol–water partition coefficient (Wildman–Crippen LogP) is 0.259. The van der Waals surface area contributed by atoms with Crippen LogP contribution in [0, 0.1) is 0 Å². The highest BCUT2D eigenvalue weighted by molar-refractivity contribution is 7.90. The van der Waals surface area contributed by atoms with Crippen molar-refractivity contribution in [2.24, 2.45) is 0 Å². The molecule has 2 unspecified atom stereocenters. The van der Waals surface area contributed by atoms with Crippen molar-refractivity contribution in [3.8, 4) is 0 Å². The highest BCUT2D eigenvalue weighted by atomic mass is 32.2. The molecule has 0 spiro atoms. The third-order valence-corrected chi connectivity index (χ3v) is 6.90. The molecular formula is C16H24N2O6S2. The topological polar surface area (TPSA) is 110 Å². The number of carbonyl (C=O) groups is 1. The van der Waals surface area contributed by atoms with Gasteiger partial charge in [-0.1, -0.05) is 0 Å². The van der Waals surface area contributed by atoms with Crippen LogP contribution in [0.25, 0.3) is 0 Å². The molecule has 0 aromatic heterocycles. The number of nitrogens with one attached hydrogen (secondary N) is 1. The Morgan fingerprint density at radius 2 is 1.65 bits per heavy atom. The minimum absolute atomic E-state index is 0.0326. The zero-order chi connectivity index (χ0) is 19.5. The Morgan fingerprint density at radius 1 is 1.12 bits per heavy atom. The first kappa shape index (κ1) is 20.8. The summed E-state index contributed by atoms with van der Waals surface area (Å²) in [5.41, 5.74) is 0.267. The minimum atomic E-state index is -3.49. The van der Waals surface area contributed by atoms with E-state index < -0.39 is 25.8 Å². The molecule has 26 heavy (non-hydrogen) atoms. The molecule has 8 nitrogen and oxygen atoms in total. The molecule has 2 atom stereocenters. The number of sulfone groups is 1. The zero-order valence-electron chi connectivity index (χ0n) is 15.0. The predicted molar refractivity (Wildman–Crippen MR) is 97.3 cm³/mol. The molecule has 1 amide bonds. The van der Waals surface area contributed by atoms with Crippen molar-refractivity contribution < 1.29 is 26.4 Å². The number of rotatable bonds is 6. The molecule has 1 aromatic carbocycles. The summed E-state index contributed by atoms with van der Waals surface area (Å²) in [4.78, 5) is 12.2. The summed E-state index contributed by atoms with van der Waals surface area (Å²) in [5.74, 6) is -0.663. The minimum Gasteiger partial charge on any atom is -0.373 e. The molecule has 0 saturated carbocycles. The first-order chi connectivity index (χ1) is 12.0. The van der Waals surface area contributed by atoms with Gasteiger partial charge in [-0.2, -0.15) is 4.31 Å². The Morgan fingerprint density at radius 3 is 2.15 bits per heavy atom. The fraction of sp³-hybridized carbons (Fsp3) is 0.562. The van der Waals surface area contributed by atoms with Crippen molar-refractivity contribution >= 4 is 25.8 Å². The number of ether oxygens (including phenoxy) is 1. The molecule has 0 aliphatic carbocycles. The lowest BCUT2D eigenvalue weighted by molar-refractivity contribution is -0.0440. The second-order valence-electron chi connectivity index (χ2n) is 6.44. The van der Waals surface area contributed by atoms with Crippen LogP contribution >= 0.6 is 0 Å². The molecule has 146 valence electrons. The Bertz CT molecular complexity index is 839. The lowest BCUT2D eigenvalue weighted by atomic mass is 10.2. The fourth-order valence-corrected chi connectivity index (χ4v) is 4.86. The molecule has 10 heteroatoms. The molecule has 0 bridgehead atoms. The summed E-state index contributed by atoms with van der Waals surface area (Å²) < 4.78 is 54.5. The maximum absolute atomic E-state index is 12.4. The quantitative estimate of drug-likeness (QED) is 0.728. The molecule has 1 heterocycles. The number of amides is 1. The van der Waals surface area contributed by atoms with Crippen LogP contribution in [-0.2, 0) is 24.6 Å². The van der Waals surface area contributed by atoms with E-state index in [2.05, 4.69) is 5.32 Å². The van der Waals surface area contributed by atoms with Crippen molar-refractivity contribution in [1.29, 1.82) is 0 Å². The van der Waals surface area contributed by atoms with E-state index >= 15 is 0 Å². The van der Waals surface area contributed by atoms with Gasteiger partial charge in [0.15, 0.2) is 9.84 Å². The fourth-order valence-electron chi connectivity index (χ4n) is 2.74. The van der Waals surface area contributed by atoms with Gasteiger partial charge < -0.3 is 10.1 Å². The van der Waals surface area contributed by atoms with E-state index in [-0.39, 0.29) is 35.0 Å². The van der Waals surface area contributed by atoms with Crippen LogP contribution in [0.15, 0.2) is 29.2 Å². The summed E-state index contributed by atoms with van der Waals surface area (Å²) >= 11 is 0. The monoisotopic (exact) mass is 404 g/mol. The number of nitrogens with zero attached hydrogens (tertiary/aromatic N) is 1. The average molecular weight is 405 g/mol. The van der Waals surface area contributed by atoms with Gasteiger partial charge in [0.05, 0.1) is 22.9 Å². The SMILES string of the molecule is CC1CN(S(=O)(=O)CCNC(=O)c2ccc(S(C)(=O)=O)cc2)CC(C)O1. The number of carbonyl (C=O) groups excluding carboxylic acids is 1. The van der Waals surface area contributed by atoms with Gasteiger partial charge in [0.25, 0.3) is 5.91 Å². The third kappa shape index (κ3) is 5.50. The zero-order valence-corrected chi connectivity index (χ0v) is 16.6. The van der Waals surface area contributed by atoms with E-state index in [0.717, 1.165) is 6.26 Å². The number of hydrogen-bond donors (Lipinski definition) is 1. The molecule has 1 fully saturated rings. The van der Waals surface area contributed by atoms with E-state index in [0.29, 0.717) is 13.1 Å². The highest BCUT2D eigenvalue weighted by Crippen LogP contribution is 2.15. The van der Waals surface area contributed by atoms with Crippen molar-refractivity contribution in [3.05, 3.63) is 29.8 Å². The van der Waals surface area contributed by atoms with Gasteiger partial charge in [-0.05, 0) is 38.1 Å². The lowest BCUT2D eigenvalue weighted by Crippen LogP contribution is -2.49. The average Bonchev–Trinajstić information content (AvgIpc) is 2.53. The van der Waals surface area contributed by atoms with Crippen LogP contribution in [0.2, 0.25) is 0 Å². The first-order valence-corrected chi connectivity index (χ1v) is 11.7. The van der Waals surface area contributed by atoms with Gasteiger partial charge in [0.1, 0.15) is 0 Å². The Labute approximate surface area is 154 Å². The standard InChI is InChI=1S/C16H24N2O6S2/c1-12-10-18(11-13(2)24-12)26(22,23)9-8-17-16(19)14-4-6-15(7-5-14)25(3,20)21/h4-7,12-13H,8-11H2,1-3H3,(H,17,19). The van der Waals surface area contributed by atoms with Gasteiger partial charge in [-0.15, -0.1) is 0 Å². The van der Waals surface area contributed by atoms with Crippen molar-refractivity contribution in [2.75, 3.05) is 31.6 Å². The molecular weight excluding hydrogens is 380 g/mol. The van der Waals surface area contributed by atoms with Crippen molar-refractivity contribution in [1.82, 2.24) is 9.62 Å².